The van der Waals surface area contributed by atoms with Gasteiger partial charge in [-0.1, -0.05) is 67.6 Å². The van der Waals surface area contributed by atoms with Gasteiger partial charge in [0.25, 0.3) is 0 Å². The molecule has 0 amide bonds. The van der Waals surface area contributed by atoms with Gasteiger partial charge in [-0.25, -0.2) is 0 Å². The highest BCUT2D eigenvalue weighted by molar-refractivity contribution is 5.52. The molecule has 1 aromatic heterocycles. The van der Waals surface area contributed by atoms with Crippen molar-refractivity contribution in [2.75, 3.05) is 5.32 Å². The number of nitrogens with one attached hydrogen (secondary N) is 1. The fraction of sp³-hybridized carbons (Fsp3) is 0.292. The topological polar surface area (TPSA) is 34.0 Å². The summed E-state index contributed by atoms with van der Waals surface area (Å²) in [7, 11) is 0. The highest BCUT2D eigenvalue weighted by Crippen LogP contribution is 2.26. The number of hydrogen-bond acceptors (Lipinski definition) is 2. The number of pyridine rings is 1. The van der Waals surface area contributed by atoms with E-state index in [1.54, 1.807) is 0 Å². The van der Waals surface area contributed by atoms with E-state index in [-0.39, 0.29) is 5.43 Å². The van der Waals surface area contributed by atoms with Gasteiger partial charge in [0.05, 0.1) is 0 Å². The summed E-state index contributed by atoms with van der Waals surface area (Å²) in [4.78, 5) is 12.8. The van der Waals surface area contributed by atoms with Crippen LogP contribution in [-0.4, -0.2) is 10.6 Å². The molecule has 0 bridgehead atoms. The predicted octanol–water partition coefficient (Wildman–Crippen LogP) is 4.43. The van der Waals surface area contributed by atoms with Crippen LogP contribution in [0.25, 0.3) is 0 Å². The van der Waals surface area contributed by atoms with Crippen LogP contribution in [0.2, 0.25) is 0 Å². The lowest BCUT2D eigenvalue weighted by atomic mass is 9.95. The zero-order valence-electron chi connectivity index (χ0n) is 15.8. The third-order valence-corrected chi connectivity index (χ3v) is 5.45. The molecule has 27 heavy (non-hydrogen) atoms. The number of benzene rings is 2. The molecular weight excluding hydrogens is 332 g/mol. The number of fused-ring (bicyclic) bond motifs is 1. The molecular formula is C24H26N2O. The van der Waals surface area contributed by atoms with Gasteiger partial charge in [0, 0.05) is 30.0 Å². The Morgan fingerprint density at radius 1 is 1.00 bits per heavy atom. The summed E-state index contributed by atoms with van der Waals surface area (Å²) >= 11 is 0. The fourth-order valence-corrected chi connectivity index (χ4v) is 4.06. The first-order chi connectivity index (χ1) is 13.2. The summed E-state index contributed by atoms with van der Waals surface area (Å²) in [5, 5.41) is 3.56. The van der Waals surface area contributed by atoms with Crippen molar-refractivity contribution < 1.29 is 0 Å². The van der Waals surface area contributed by atoms with Crippen LogP contribution in [0.15, 0.2) is 71.5 Å². The molecule has 138 valence electrons. The van der Waals surface area contributed by atoms with E-state index in [1.165, 1.54) is 11.1 Å². The molecule has 3 nitrogen and oxygen atoms in total. The van der Waals surface area contributed by atoms with Gasteiger partial charge in [-0.3, -0.25) is 4.79 Å². The zero-order valence-corrected chi connectivity index (χ0v) is 15.8. The van der Waals surface area contributed by atoms with E-state index in [2.05, 4.69) is 65.3 Å². The van der Waals surface area contributed by atoms with Crippen LogP contribution in [0.1, 0.15) is 35.9 Å². The first-order valence-electron chi connectivity index (χ1n) is 9.84. The minimum atomic E-state index is 0.129. The quantitative estimate of drug-likeness (QED) is 0.732. The Kier molecular flexibility index (Phi) is 5.10. The van der Waals surface area contributed by atoms with Gasteiger partial charge in [-0.2, -0.15) is 0 Å². The smallest absolute Gasteiger partial charge is 0.205 e. The standard InChI is InChI=1S/C24H26N2O/c1-2-21-16-23(27)24-22(26(21)17-19-11-7-4-8-12-19)14-13-20(25-24)15-18-9-5-3-6-10-18/h3-12,16,20,25H,2,13-15,17H2,1H3. The van der Waals surface area contributed by atoms with E-state index in [4.69, 9.17) is 0 Å². The molecule has 3 heteroatoms. The molecule has 1 N–H and O–H groups in total. The molecule has 1 aliphatic rings. The van der Waals surface area contributed by atoms with Gasteiger partial charge in [0.15, 0.2) is 0 Å². The second-order valence-electron chi connectivity index (χ2n) is 7.32. The van der Waals surface area contributed by atoms with Crippen molar-refractivity contribution in [2.24, 2.45) is 0 Å². The molecule has 0 aliphatic carbocycles. The van der Waals surface area contributed by atoms with Gasteiger partial charge < -0.3 is 9.88 Å². The third kappa shape index (κ3) is 3.82. The van der Waals surface area contributed by atoms with Gasteiger partial charge in [-0.15, -0.1) is 0 Å². The number of rotatable bonds is 5. The highest BCUT2D eigenvalue weighted by atomic mass is 16.1. The minimum absolute atomic E-state index is 0.129. The van der Waals surface area contributed by atoms with Crippen LogP contribution in [-0.2, 0) is 25.8 Å². The van der Waals surface area contributed by atoms with Crippen LogP contribution in [0, 0.1) is 0 Å². The van der Waals surface area contributed by atoms with E-state index in [0.717, 1.165) is 49.3 Å². The summed E-state index contributed by atoms with van der Waals surface area (Å²) in [5.74, 6) is 0. The van der Waals surface area contributed by atoms with Crippen molar-refractivity contribution in [3.8, 4) is 0 Å². The molecule has 1 unspecified atom stereocenters. The van der Waals surface area contributed by atoms with Crippen LogP contribution >= 0.6 is 0 Å². The van der Waals surface area contributed by atoms with Crippen molar-refractivity contribution in [3.05, 3.63) is 99.5 Å². The highest BCUT2D eigenvalue weighted by Gasteiger charge is 2.23. The monoisotopic (exact) mass is 358 g/mol. The second kappa shape index (κ2) is 7.83. The SMILES string of the molecule is CCc1cc(=O)c2c(n1Cc1ccccc1)CCC(Cc1ccccc1)N2. The zero-order chi connectivity index (χ0) is 18.6. The number of anilines is 1. The molecule has 0 spiro atoms. The predicted molar refractivity (Wildman–Crippen MR) is 112 cm³/mol. The Morgan fingerprint density at radius 3 is 2.33 bits per heavy atom. The Bertz CT molecular complexity index is 961. The van der Waals surface area contributed by atoms with Crippen molar-refractivity contribution in [3.63, 3.8) is 0 Å². The maximum atomic E-state index is 12.8. The fourth-order valence-electron chi connectivity index (χ4n) is 4.06. The normalized spacial score (nSPS) is 15.8. The molecule has 4 rings (SSSR count). The first kappa shape index (κ1) is 17.6. The van der Waals surface area contributed by atoms with Crippen LogP contribution in [0.5, 0.6) is 0 Å². The maximum Gasteiger partial charge on any atom is 0.205 e. The van der Waals surface area contributed by atoms with E-state index in [0.29, 0.717) is 6.04 Å². The summed E-state index contributed by atoms with van der Waals surface area (Å²) in [6, 6.07) is 23.1. The third-order valence-electron chi connectivity index (χ3n) is 5.45. The van der Waals surface area contributed by atoms with Crippen LogP contribution in [0.3, 0.4) is 0 Å². The Balaban J connectivity index is 1.65. The van der Waals surface area contributed by atoms with E-state index in [1.807, 2.05) is 18.2 Å². The van der Waals surface area contributed by atoms with Gasteiger partial charge in [0.1, 0.15) is 5.69 Å². The summed E-state index contributed by atoms with van der Waals surface area (Å²) < 4.78 is 2.35. The molecule has 3 aromatic rings. The maximum absolute atomic E-state index is 12.8. The summed E-state index contributed by atoms with van der Waals surface area (Å²) in [6.07, 6.45) is 3.80. The Labute approximate surface area is 160 Å². The molecule has 0 saturated carbocycles. The minimum Gasteiger partial charge on any atom is -0.377 e. The number of aromatic nitrogens is 1. The summed E-state index contributed by atoms with van der Waals surface area (Å²) in [5.41, 5.74) is 5.79. The average molecular weight is 358 g/mol. The second-order valence-corrected chi connectivity index (χ2v) is 7.32. The van der Waals surface area contributed by atoms with E-state index >= 15 is 0 Å². The van der Waals surface area contributed by atoms with Gasteiger partial charge in [0.2, 0.25) is 5.43 Å². The lowest BCUT2D eigenvalue weighted by Gasteiger charge is -2.30. The van der Waals surface area contributed by atoms with E-state index < -0.39 is 0 Å². The van der Waals surface area contributed by atoms with Crippen LogP contribution in [0.4, 0.5) is 5.69 Å². The van der Waals surface area contributed by atoms with Crippen LogP contribution < -0.4 is 10.7 Å². The molecule has 1 atom stereocenters. The number of hydrogen-bond donors (Lipinski definition) is 1. The lowest BCUT2D eigenvalue weighted by Crippen LogP contribution is -2.34. The Hall–Kier alpha value is -2.81. The summed E-state index contributed by atoms with van der Waals surface area (Å²) in [6.45, 7) is 2.94. The molecule has 2 heterocycles. The van der Waals surface area contributed by atoms with Crippen molar-refractivity contribution >= 4 is 5.69 Å². The lowest BCUT2D eigenvalue weighted by molar-refractivity contribution is 0.578. The van der Waals surface area contributed by atoms with Crippen molar-refractivity contribution in [1.82, 2.24) is 4.57 Å². The molecule has 2 aromatic carbocycles. The molecule has 0 fully saturated rings. The van der Waals surface area contributed by atoms with Gasteiger partial charge >= 0.3 is 0 Å². The molecule has 0 radical (unpaired) electrons. The number of nitrogens with zero attached hydrogens (tertiary/aromatic N) is 1. The average Bonchev–Trinajstić information content (AvgIpc) is 2.71. The Morgan fingerprint density at radius 2 is 1.67 bits per heavy atom. The first-order valence-corrected chi connectivity index (χ1v) is 9.84. The molecule has 0 saturated heterocycles. The number of aryl methyl sites for hydroxylation is 1. The van der Waals surface area contributed by atoms with Crippen molar-refractivity contribution in [2.45, 2.75) is 45.2 Å². The largest absolute Gasteiger partial charge is 0.377 e. The van der Waals surface area contributed by atoms with Crippen molar-refractivity contribution in [1.29, 1.82) is 0 Å². The van der Waals surface area contributed by atoms with E-state index in [9.17, 15) is 4.79 Å². The molecule has 1 aliphatic heterocycles. The van der Waals surface area contributed by atoms with Gasteiger partial charge in [-0.05, 0) is 36.8 Å².